The van der Waals surface area contributed by atoms with E-state index < -0.39 is 6.10 Å². The van der Waals surface area contributed by atoms with Crippen LogP contribution in [-0.2, 0) is 28.6 Å². The van der Waals surface area contributed by atoms with Crippen molar-refractivity contribution in [3.05, 3.63) is 48.6 Å². The van der Waals surface area contributed by atoms with Gasteiger partial charge in [0, 0.05) is 19.3 Å². The predicted molar refractivity (Wildman–Crippen MR) is 265 cm³/mol. The average molecular weight is 869 g/mol. The summed E-state index contributed by atoms with van der Waals surface area (Å²) in [6.45, 7) is 6.47. The molecule has 62 heavy (non-hydrogen) atoms. The first kappa shape index (κ1) is 59.4. The van der Waals surface area contributed by atoms with Gasteiger partial charge in [-0.2, -0.15) is 0 Å². The van der Waals surface area contributed by atoms with E-state index in [0.717, 1.165) is 89.9 Å². The third-order valence-electron chi connectivity index (χ3n) is 11.6. The van der Waals surface area contributed by atoms with E-state index in [0.29, 0.717) is 19.3 Å². The van der Waals surface area contributed by atoms with Gasteiger partial charge in [0.05, 0.1) is 0 Å². The Hall–Kier alpha value is -2.63. The molecule has 0 saturated heterocycles. The molecule has 0 N–H and O–H groups in total. The normalized spacial score (nSPS) is 12.4. The molecule has 0 spiro atoms. The van der Waals surface area contributed by atoms with Crippen LogP contribution in [0.25, 0.3) is 0 Å². The van der Waals surface area contributed by atoms with Crippen molar-refractivity contribution in [3.63, 3.8) is 0 Å². The number of hydrogen-bond donors (Lipinski definition) is 0. The lowest BCUT2D eigenvalue weighted by atomic mass is 10.0. The molecule has 0 rings (SSSR count). The second-order valence-corrected chi connectivity index (χ2v) is 17.8. The van der Waals surface area contributed by atoms with Gasteiger partial charge in [0.2, 0.25) is 0 Å². The molecule has 0 heterocycles. The minimum Gasteiger partial charge on any atom is -0.462 e. The van der Waals surface area contributed by atoms with Gasteiger partial charge in [0.15, 0.2) is 6.10 Å². The van der Waals surface area contributed by atoms with E-state index in [-0.39, 0.29) is 31.1 Å². The van der Waals surface area contributed by atoms with Gasteiger partial charge in [0.1, 0.15) is 13.2 Å². The van der Waals surface area contributed by atoms with Crippen LogP contribution in [0.3, 0.4) is 0 Å². The van der Waals surface area contributed by atoms with Gasteiger partial charge in [-0.3, -0.25) is 14.4 Å². The molecule has 0 aromatic carbocycles. The first-order valence-electron chi connectivity index (χ1n) is 26.7. The number of esters is 3. The van der Waals surface area contributed by atoms with Crippen LogP contribution in [0.2, 0.25) is 0 Å². The maximum atomic E-state index is 12.8. The molecule has 0 amide bonds. The smallest absolute Gasteiger partial charge is 0.306 e. The van der Waals surface area contributed by atoms with Crippen molar-refractivity contribution >= 4 is 17.9 Å². The molecule has 0 aromatic heterocycles. The fourth-order valence-corrected chi connectivity index (χ4v) is 7.58. The minimum atomic E-state index is -0.784. The molecule has 6 nitrogen and oxygen atoms in total. The number of carbonyl (C=O) groups excluding carboxylic acids is 3. The number of ether oxygens (including phenoxy) is 3. The van der Waals surface area contributed by atoms with Gasteiger partial charge in [-0.25, -0.2) is 0 Å². The molecule has 360 valence electrons. The standard InChI is InChI=1S/C56H100O6/c1-4-7-10-13-16-19-22-24-26-27-28-29-30-32-34-37-40-43-46-49-55(58)61-52-53(51-60-54(57)48-45-42-39-36-33-21-18-15-12-9-6-3)62-56(59)50-47-44-41-38-35-31-25-23-20-17-14-11-8-5-2/h8,11,15,17-18,20-21,33,53H,4-7,9-10,12-14,16,19,22-32,34-52H2,1-3H3/b11-8-,18-15-,20-17-,33-21-. The van der Waals surface area contributed by atoms with Crippen molar-refractivity contribution in [2.75, 3.05) is 13.2 Å². The van der Waals surface area contributed by atoms with Crippen LogP contribution >= 0.6 is 0 Å². The van der Waals surface area contributed by atoms with Crippen molar-refractivity contribution in [1.29, 1.82) is 0 Å². The fourth-order valence-electron chi connectivity index (χ4n) is 7.58. The number of carbonyl (C=O) groups is 3. The molecule has 0 fully saturated rings. The van der Waals surface area contributed by atoms with E-state index >= 15 is 0 Å². The highest BCUT2D eigenvalue weighted by atomic mass is 16.6. The maximum absolute atomic E-state index is 12.8. The number of allylic oxidation sites excluding steroid dienone is 8. The van der Waals surface area contributed by atoms with Crippen molar-refractivity contribution in [3.8, 4) is 0 Å². The Morgan fingerprint density at radius 1 is 0.355 bits per heavy atom. The third-order valence-corrected chi connectivity index (χ3v) is 11.6. The highest BCUT2D eigenvalue weighted by molar-refractivity contribution is 5.71. The maximum Gasteiger partial charge on any atom is 0.306 e. The number of hydrogen-bond acceptors (Lipinski definition) is 6. The van der Waals surface area contributed by atoms with Crippen molar-refractivity contribution in [2.45, 2.75) is 277 Å². The summed E-state index contributed by atoms with van der Waals surface area (Å²) in [4.78, 5) is 37.9. The molecular formula is C56H100O6. The van der Waals surface area contributed by atoms with Crippen molar-refractivity contribution in [1.82, 2.24) is 0 Å². The minimum absolute atomic E-state index is 0.0825. The second-order valence-electron chi connectivity index (χ2n) is 17.8. The average Bonchev–Trinajstić information content (AvgIpc) is 3.27. The third kappa shape index (κ3) is 48.4. The molecule has 0 aromatic rings. The Morgan fingerprint density at radius 2 is 0.694 bits per heavy atom. The Kier molecular flexibility index (Phi) is 48.8. The molecule has 0 aliphatic carbocycles. The van der Waals surface area contributed by atoms with Crippen LogP contribution in [0.15, 0.2) is 48.6 Å². The Morgan fingerprint density at radius 3 is 1.13 bits per heavy atom. The van der Waals surface area contributed by atoms with E-state index in [9.17, 15) is 14.4 Å². The summed E-state index contributed by atoms with van der Waals surface area (Å²) >= 11 is 0. The van der Waals surface area contributed by atoms with Gasteiger partial charge in [-0.1, -0.05) is 236 Å². The van der Waals surface area contributed by atoms with Crippen LogP contribution in [0.1, 0.15) is 271 Å². The summed E-state index contributed by atoms with van der Waals surface area (Å²) in [5.41, 5.74) is 0. The van der Waals surface area contributed by atoms with Gasteiger partial charge in [-0.15, -0.1) is 0 Å². The summed E-state index contributed by atoms with van der Waals surface area (Å²) in [6, 6.07) is 0. The zero-order chi connectivity index (χ0) is 45.1. The Bertz CT molecular complexity index is 1090. The lowest BCUT2D eigenvalue weighted by molar-refractivity contribution is -0.167. The van der Waals surface area contributed by atoms with E-state index in [1.807, 2.05) is 0 Å². The largest absolute Gasteiger partial charge is 0.462 e. The quantitative estimate of drug-likeness (QED) is 0.0199. The summed E-state index contributed by atoms with van der Waals surface area (Å²) in [5.74, 6) is -0.911. The molecule has 1 atom stereocenters. The fraction of sp³-hybridized carbons (Fsp3) is 0.804. The molecule has 6 heteroatoms. The lowest BCUT2D eigenvalue weighted by Crippen LogP contribution is -2.30. The number of rotatable bonds is 48. The van der Waals surface area contributed by atoms with Crippen LogP contribution in [0, 0.1) is 0 Å². The topological polar surface area (TPSA) is 78.9 Å². The van der Waals surface area contributed by atoms with Gasteiger partial charge < -0.3 is 14.2 Å². The van der Waals surface area contributed by atoms with E-state index in [4.69, 9.17) is 14.2 Å². The molecule has 0 bridgehead atoms. The summed E-state index contributed by atoms with van der Waals surface area (Å²) in [6.07, 6.45) is 61.1. The van der Waals surface area contributed by atoms with Crippen molar-refractivity contribution in [2.24, 2.45) is 0 Å². The first-order chi connectivity index (χ1) is 30.5. The zero-order valence-electron chi connectivity index (χ0n) is 41.1. The van der Waals surface area contributed by atoms with Crippen LogP contribution in [0.5, 0.6) is 0 Å². The SMILES string of the molecule is CC/C=C\C/C=C\CCCCCCCCCC(=O)OC(COC(=O)CCCCC/C=C\C=C/CCCC)COC(=O)CCCCCCCCCCCCCCCCCCCCC. The molecule has 0 saturated carbocycles. The summed E-state index contributed by atoms with van der Waals surface area (Å²) in [5, 5.41) is 0. The highest BCUT2D eigenvalue weighted by Crippen LogP contribution is 2.16. The lowest BCUT2D eigenvalue weighted by Gasteiger charge is -2.18. The van der Waals surface area contributed by atoms with Gasteiger partial charge >= 0.3 is 17.9 Å². The van der Waals surface area contributed by atoms with E-state index in [1.165, 1.54) is 141 Å². The molecule has 1 unspecified atom stereocenters. The Labute approximate surface area is 384 Å². The van der Waals surface area contributed by atoms with E-state index in [2.05, 4.69) is 69.4 Å². The zero-order valence-corrected chi connectivity index (χ0v) is 41.1. The Balaban J connectivity index is 4.31. The highest BCUT2D eigenvalue weighted by Gasteiger charge is 2.19. The summed E-state index contributed by atoms with van der Waals surface area (Å²) in [7, 11) is 0. The monoisotopic (exact) mass is 869 g/mol. The van der Waals surface area contributed by atoms with Crippen molar-refractivity contribution < 1.29 is 28.6 Å². The predicted octanol–water partition coefficient (Wildman–Crippen LogP) is 17.5. The summed E-state index contributed by atoms with van der Waals surface area (Å²) < 4.78 is 16.8. The molecule has 0 radical (unpaired) electrons. The van der Waals surface area contributed by atoms with Crippen LogP contribution in [-0.4, -0.2) is 37.2 Å². The van der Waals surface area contributed by atoms with Crippen LogP contribution in [0.4, 0.5) is 0 Å². The van der Waals surface area contributed by atoms with Crippen LogP contribution < -0.4 is 0 Å². The molecular weight excluding hydrogens is 769 g/mol. The molecule has 0 aliphatic heterocycles. The molecule has 0 aliphatic rings. The second kappa shape index (κ2) is 51.0. The van der Waals surface area contributed by atoms with Gasteiger partial charge in [0.25, 0.3) is 0 Å². The first-order valence-corrected chi connectivity index (χ1v) is 26.7. The number of unbranched alkanes of at least 4 members (excludes halogenated alkanes) is 30. The van der Waals surface area contributed by atoms with Gasteiger partial charge in [-0.05, 0) is 64.2 Å². The van der Waals surface area contributed by atoms with E-state index in [1.54, 1.807) is 0 Å².